The Hall–Kier alpha value is -1.29. The number of ketones is 1. The number of nitrogens with two attached hydrogens (primary N) is 1. The van der Waals surface area contributed by atoms with E-state index < -0.39 is 0 Å². The van der Waals surface area contributed by atoms with Crippen LogP contribution in [0, 0.1) is 0 Å². The van der Waals surface area contributed by atoms with Crippen LogP contribution in [-0.4, -0.2) is 15.8 Å². The van der Waals surface area contributed by atoms with Crippen molar-refractivity contribution in [2.24, 2.45) is 5.73 Å². The van der Waals surface area contributed by atoms with Crippen LogP contribution in [0.5, 0.6) is 0 Å². The van der Waals surface area contributed by atoms with Crippen molar-refractivity contribution in [2.75, 3.05) is 0 Å². The number of nitrogens with zero attached hydrogens (tertiary/aromatic N) is 2. The number of rotatable bonds is 3. The molecular formula is C9H13N3O. The Morgan fingerprint density at radius 1 is 1.62 bits per heavy atom. The molecule has 4 heteroatoms. The third-order valence-electron chi connectivity index (χ3n) is 1.81. The molecule has 0 amide bonds. The Kier molecular flexibility index (Phi) is 3.08. The van der Waals surface area contributed by atoms with Gasteiger partial charge in [0.1, 0.15) is 5.82 Å². The molecule has 0 unspecified atom stereocenters. The van der Waals surface area contributed by atoms with Crippen molar-refractivity contribution < 1.29 is 4.79 Å². The SMILES string of the molecule is CCc1ncc(C(C)=O)c(CN)n1. The standard InChI is InChI=1S/C9H13N3O/c1-3-9-11-5-7(6(2)13)8(4-10)12-9/h5H,3-4,10H2,1-2H3. The lowest BCUT2D eigenvalue weighted by molar-refractivity contribution is 0.101. The van der Waals surface area contributed by atoms with Gasteiger partial charge in [-0.3, -0.25) is 4.79 Å². The van der Waals surface area contributed by atoms with Gasteiger partial charge in [0.25, 0.3) is 0 Å². The van der Waals surface area contributed by atoms with Gasteiger partial charge in [-0.15, -0.1) is 0 Å². The summed E-state index contributed by atoms with van der Waals surface area (Å²) in [6.45, 7) is 3.73. The van der Waals surface area contributed by atoms with E-state index in [-0.39, 0.29) is 12.3 Å². The van der Waals surface area contributed by atoms with E-state index >= 15 is 0 Å². The van der Waals surface area contributed by atoms with Crippen LogP contribution >= 0.6 is 0 Å². The molecule has 0 radical (unpaired) electrons. The summed E-state index contributed by atoms with van der Waals surface area (Å²) in [4.78, 5) is 19.3. The van der Waals surface area contributed by atoms with Gasteiger partial charge in [0.2, 0.25) is 0 Å². The first-order chi connectivity index (χ1) is 6.19. The van der Waals surface area contributed by atoms with Gasteiger partial charge in [-0.1, -0.05) is 6.92 Å². The fraction of sp³-hybridized carbons (Fsp3) is 0.444. The summed E-state index contributed by atoms with van der Waals surface area (Å²) in [6.07, 6.45) is 2.31. The lowest BCUT2D eigenvalue weighted by Crippen LogP contribution is -2.10. The molecule has 70 valence electrons. The van der Waals surface area contributed by atoms with Gasteiger partial charge >= 0.3 is 0 Å². The molecule has 0 atom stereocenters. The minimum atomic E-state index is -0.0388. The van der Waals surface area contributed by atoms with Gasteiger partial charge in [0.05, 0.1) is 11.3 Å². The molecule has 0 saturated heterocycles. The summed E-state index contributed by atoms with van der Waals surface area (Å²) in [5.74, 6) is 0.688. The van der Waals surface area contributed by atoms with E-state index in [4.69, 9.17) is 5.73 Å². The first-order valence-corrected chi connectivity index (χ1v) is 4.24. The Morgan fingerprint density at radius 3 is 2.77 bits per heavy atom. The van der Waals surface area contributed by atoms with E-state index in [0.29, 0.717) is 11.3 Å². The molecule has 2 N–H and O–H groups in total. The van der Waals surface area contributed by atoms with Gasteiger partial charge in [-0.05, 0) is 6.92 Å². The molecule has 1 aromatic heterocycles. The maximum atomic E-state index is 11.1. The van der Waals surface area contributed by atoms with Crippen LogP contribution in [-0.2, 0) is 13.0 Å². The third kappa shape index (κ3) is 2.09. The van der Waals surface area contributed by atoms with Crippen molar-refractivity contribution in [2.45, 2.75) is 26.8 Å². The van der Waals surface area contributed by atoms with Gasteiger partial charge < -0.3 is 5.73 Å². The van der Waals surface area contributed by atoms with Crippen molar-refractivity contribution in [3.8, 4) is 0 Å². The third-order valence-corrected chi connectivity index (χ3v) is 1.81. The van der Waals surface area contributed by atoms with E-state index in [1.807, 2.05) is 6.92 Å². The van der Waals surface area contributed by atoms with E-state index in [2.05, 4.69) is 9.97 Å². The Morgan fingerprint density at radius 2 is 2.31 bits per heavy atom. The molecule has 0 aliphatic heterocycles. The number of carbonyl (C=O) groups is 1. The predicted molar refractivity (Wildman–Crippen MR) is 49.3 cm³/mol. The molecule has 0 spiro atoms. The second-order valence-corrected chi connectivity index (χ2v) is 2.76. The lowest BCUT2D eigenvalue weighted by atomic mass is 10.1. The van der Waals surface area contributed by atoms with Crippen LogP contribution in [0.15, 0.2) is 6.20 Å². The zero-order valence-electron chi connectivity index (χ0n) is 7.87. The summed E-state index contributed by atoms with van der Waals surface area (Å²) in [5.41, 5.74) is 6.64. The minimum absolute atomic E-state index is 0.0388. The van der Waals surface area contributed by atoms with E-state index in [1.54, 1.807) is 6.20 Å². The highest BCUT2D eigenvalue weighted by Gasteiger charge is 2.08. The molecule has 0 aliphatic rings. The molecule has 1 rings (SSSR count). The molecule has 0 aliphatic carbocycles. The Bertz CT molecular complexity index is 323. The van der Waals surface area contributed by atoms with E-state index in [9.17, 15) is 4.79 Å². The first-order valence-electron chi connectivity index (χ1n) is 4.24. The highest BCUT2D eigenvalue weighted by molar-refractivity contribution is 5.94. The second kappa shape index (κ2) is 4.09. The number of hydrogen-bond acceptors (Lipinski definition) is 4. The van der Waals surface area contributed by atoms with Gasteiger partial charge in [-0.25, -0.2) is 9.97 Å². The van der Waals surface area contributed by atoms with Crippen LogP contribution in [0.2, 0.25) is 0 Å². The number of Topliss-reactive ketones (excluding diaryl/α,β-unsaturated/α-hetero) is 1. The highest BCUT2D eigenvalue weighted by atomic mass is 16.1. The quantitative estimate of drug-likeness (QED) is 0.693. The first kappa shape index (κ1) is 9.80. The van der Waals surface area contributed by atoms with E-state index in [0.717, 1.165) is 12.2 Å². The second-order valence-electron chi connectivity index (χ2n) is 2.76. The number of aromatic nitrogens is 2. The molecule has 13 heavy (non-hydrogen) atoms. The monoisotopic (exact) mass is 179 g/mol. The van der Waals surface area contributed by atoms with Crippen LogP contribution < -0.4 is 5.73 Å². The minimum Gasteiger partial charge on any atom is -0.325 e. The largest absolute Gasteiger partial charge is 0.325 e. The number of aryl methyl sites for hydroxylation is 1. The van der Waals surface area contributed by atoms with Crippen LogP contribution in [0.25, 0.3) is 0 Å². The van der Waals surface area contributed by atoms with Crippen LogP contribution in [0.3, 0.4) is 0 Å². The Balaban J connectivity index is 3.15. The number of hydrogen-bond donors (Lipinski definition) is 1. The molecule has 0 fully saturated rings. The molecular weight excluding hydrogens is 166 g/mol. The summed E-state index contributed by atoms with van der Waals surface area (Å²) in [5, 5.41) is 0. The summed E-state index contributed by atoms with van der Waals surface area (Å²) in [6, 6.07) is 0. The molecule has 0 aromatic carbocycles. The predicted octanol–water partition coefficient (Wildman–Crippen LogP) is 0.700. The molecule has 1 aromatic rings. The normalized spacial score (nSPS) is 10.1. The average molecular weight is 179 g/mol. The van der Waals surface area contributed by atoms with Gasteiger partial charge in [-0.2, -0.15) is 0 Å². The summed E-state index contributed by atoms with van der Waals surface area (Å²) < 4.78 is 0. The highest BCUT2D eigenvalue weighted by Crippen LogP contribution is 2.05. The van der Waals surface area contributed by atoms with Gasteiger partial charge in [0.15, 0.2) is 5.78 Å². The number of carbonyl (C=O) groups excluding carboxylic acids is 1. The van der Waals surface area contributed by atoms with Crippen molar-refractivity contribution in [1.82, 2.24) is 9.97 Å². The zero-order valence-corrected chi connectivity index (χ0v) is 7.87. The lowest BCUT2D eigenvalue weighted by Gasteiger charge is -2.04. The maximum absolute atomic E-state index is 11.1. The van der Waals surface area contributed by atoms with Gasteiger partial charge in [0, 0.05) is 19.2 Å². The Labute approximate surface area is 77.2 Å². The fourth-order valence-electron chi connectivity index (χ4n) is 1.08. The smallest absolute Gasteiger partial charge is 0.163 e. The molecule has 0 saturated carbocycles. The molecule has 4 nitrogen and oxygen atoms in total. The average Bonchev–Trinajstić information content (AvgIpc) is 2.16. The fourth-order valence-corrected chi connectivity index (χ4v) is 1.08. The van der Waals surface area contributed by atoms with E-state index in [1.165, 1.54) is 6.92 Å². The topological polar surface area (TPSA) is 68.9 Å². The molecule has 0 bridgehead atoms. The summed E-state index contributed by atoms with van der Waals surface area (Å²) >= 11 is 0. The van der Waals surface area contributed by atoms with Crippen LogP contribution in [0.4, 0.5) is 0 Å². The van der Waals surface area contributed by atoms with Crippen molar-refractivity contribution in [3.05, 3.63) is 23.3 Å². The van der Waals surface area contributed by atoms with Crippen molar-refractivity contribution >= 4 is 5.78 Å². The maximum Gasteiger partial charge on any atom is 0.163 e. The van der Waals surface area contributed by atoms with Crippen molar-refractivity contribution in [3.63, 3.8) is 0 Å². The van der Waals surface area contributed by atoms with Crippen LogP contribution in [0.1, 0.15) is 35.7 Å². The summed E-state index contributed by atoms with van der Waals surface area (Å²) in [7, 11) is 0. The molecule has 1 heterocycles. The zero-order chi connectivity index (χ0) is 9.84. The van der Waals surface area contributed by atoms with Crippen molar-refractivity contribution in [1.29, 1.82) is 0 Å².